The number of morpholine rings is 1. The average molecular weight is 600 g/mol. The van der Waals surface area contributed by atoms with Crippen molar-refractivity contribution in [2.24, 2.45) is 11.8 Å². The summed E-state index contributed by atoms with van der Waals surface area (Å²) in [4.78, 5) is 18.9. The number of aromatic amines is 1. The van der Waals surface area contributed by atoms with Gasteiger partial charge in [-0.05, 0) is 80.2 Å². The molecule has 1 amide bonds. The molecule has 8 nitrogen and oxygen atoms in total. The lowest BCUT2D eigenvalue weighted by Crippen LogP contribution is -2.52. The van der Waals surface area contributed by atoms with E-state index in [9.17, 15) is 13.2 Å². The van der Waals surface area contributed by atoms with Crippen molar-refractivity contribution in [3.8, 4) is 11.3 Å². The monoisotopic (exact) mass is 599 g/mol. The Labute approximate surface area is 246 Å². The van der Waals surface area contributed by atoms with Gasteiger partial charge in [0.2, 0.25) is 15.9 Å². The number of sulfonamides is 1. The molecule has 6 rings (SSSR count). The molecule has 10 heteroatoms. The first-order valence-electron chi connectivity index (χ1n) is 14.6. The van der Waals surface area contributed by atoms with E-state index < -0.39 is 10.0 Å². The maximum atomic E-state index is 13.4. The predicted molar refractivity (Wildman–Crippen MR) is 159 cm³/mol. The Morgan fingerprint density at radius 2 is 1.85 bits per heavy atom. The summed E-state index contributed by atoms with van der Waals surface area (Å²) < 4.78 is 40.4. The lowest BCUT2D eigenvalue weighted by atomic mass is 9.85. The Balaban J connectivity index is 1.10. The fourth-order valence-corrected chi connectivity index (χ4v) is 7.97. The molecule has 2 heterocycles. The molecule has 2 aliphatic carbocycles. The standard InChI is InChI=1S/C31H38ClN3O5S/c1-39-16-14-20-2-4-22(5-3-20)30-29(32)26-13-12-25(18-27(26)33-30)41(37,38)34-24-10-8-23(9-11-24)31(36)35-15-17-40-19-28(35)21-6-7-21/h2-5,12-13,18,21,23-24,28,33-34H,6-11,14-17,19H2,1H3/t23-,24-,28-/m1/s1. The number of halogens is 1. The zero-order valence-corrected chi connectivity index (χ0v) is 25.0. The number of ether oxygens (including phenoxy) is 2. The number of benzene rings is 2. The van der Waals surface area contributed by atoms with Gasteiger partial charge in [0.05, 0.1) is 41.5 Å². The maximum Gasteiger partial charge on any atom is 0.240 e. The molecule has 1 atom stereocenters. The summed E-state index contributed by atoms with van der Waals surface area (Å²) >= 11 is 6.71. The molecule has 2 aromatic carbocycles. The van der Waals surface area contributed by atoms with Crippen LogP contribution in [0.5, 0.6) is 0 Å². The fourth-order valence-electron chi connectivity index (χ4n) is 6.31. The Morgan fingerprint density at radius 1 is 1.10 bits per heavy atom. The first-order valence-corrected chi connectivity index (χ1v) is 16.5. The molecule has 220 valence electrons. The van der Waals surface area contributed by atoms with E-state index in [1.54, 1.807) is 25.3 Å². The van der Waals surface area contributed by atoms with Crippen LogP contribution >= 0.6 is 11.6 Å². The van der Waals surface area contributed by atoms with Crippen LogP contribution in [0.2, 0.25) is 5.02 Å². The lowest BCUT2D eigenvalue weighted by Gasteiger charge is -2.39. The molecule has 3 aliphatic rings. The lowest BCUT2D eigenvalue weighted by molar-refractivity contribution is -0.146. The smallest absolute Gasteiger partial charge is 0.240 e. The van der Waals surface area contributed by atoms with Gasteiger partial charge in [0, 0.05) is 36.5 Å². The molecule has 1 aliphatic heterocycles. The number of methoxy groups -OCH3 is 1. The molecular weight excluding hydrogens is 562 g/mol. The van der Waals surface area contributed by atoms with Gasteiger partial charge in [0.15, 0.2) is 0 Å². The van der Waals surface area contributed by atoms with Crippen molar-refractivity contribution in [3.05, 3.63) is 53.1 Å². The molecule has 3 fully saturated rings. The minimum absolute atomic E-state index is 0.0417. The van der Waals surface area contributed by atoms with Crippen LogP contribution in [0.3, 0.4) is 0 Å². The number of nitrogens with zero attached hydrogens (tertiary/aromatic N) is 1. The number of H-pyrrole nitrogens is 1. The molecule has 0 radical (unpaired) electrons. The van der Waals surface area contributed by atoms with Crippen LogP contribution in [0.1, 0.15) is 44.1 Å². The third-order valence-electron chi connectivity index (χ3n) is 8.87. The van der Waals surface area contributed by atoms with Crippen LogP contribution in [0.15, 0.2) is 47.4 Å². The van der Waals surface area contributed by atoms with Gasteiger partial charge >= 0.3 is 0 Å². The fraction of sp³-hybridized carbons (Fsp3) is 0.516. The second-order valence-corrected chi connectivity index (χ2v) is 13.7. The molecule has 3 aromatic rings. The summed E-state index contributed by atoms with van der Waals surface area (Å²) in [6.45, 7) is 2.57. The van der Waals surface area contributed by atoms with Crippen molar-refractivity contribution in [2.45, 2.75) is 61.9 Å². The summed E-state index contributed by atoms with van der Waals surface area (Å²) in [7, 11) is -2.05. The molecule has 41 heavy (non-hydrogen) atoms. The first-order chi connectivity index (χ1) is 19.8. The maximum absolute atomic E-state index is 13.4. The van der Waals surface area contributed by atoms with Gasteiger partial charge < -0.3 is 19.4 Å². The van der Waals surface area contributed by atoms with Crippen LogP contribution in [0.4, 0.5) is 0 Å². The van der Waals surface area contributed by atoms with Crippen molar-refractivity contribution in [2.75, 3.05) is 33.5 Å². The molecule has 2 N–H and O–H groups in total. The van der Waals surface area contributed by atoms with Crippen molar-refractivity contribution in [1.29, 1.82) is 0 Å². The molecule has 0 unspecified atom stereocenters. The summed E-state index contributed by atoms with van der Waals surface area (Å²) in [6.07, 6.45) is 5.87. The van der Waals surface area contributed by atoms with Crippen molar-refractivity contribution in [1.82, 2.24) is 14.6 Å². The zero-order valence-electron chi connectivity index (χ0n) is 23.4. The van der Waals surface area contributed by atoms with Gasteiger partial charge in [-0.1, -0.05) is 35.9 Å². The second-order valence-electron chi connectivity index (χ2n) is 11.6. The third kappa shape index (κ3) is 6.20. The highest BCUT2D eigenvalue weighted by Crippen LogP contribution is 2.39. The molecule has 1 saturated heterocycles. The van der Waals surface area contributed by atoms with Crippen LogP contribution < -0.4 is 4.72 Å². The highest BCUT2D eigenvalue weighted by molar-refractivity contribution is 7.89. The van der Waals surface area contributed by atoms with Gasteiger partial charge in [-0.2, -0.15) is 0 Å². The third-order valence-corrected chi connectivity index (χ3v) is 10.8. The van der Waals surface area contributed by atoms with E-state index in [1.807, 2.05) is 24.3 Å². The Morgan fingerprint density at radius 3 is 2.56 bits per heavy atom. The topological polar surface area (TPSA) is 101 Å². The van der Waals surface area contributed by atoms with Crippen molar-refractivity contribution >= 4 is 38.4 Å². The van der Waals surface area contributed by atoms with Gasteiger partial charge in [-0.15, -0.1) is 0 Å². The Bertz CT molecular complexity index is 1490. The van der Waals surface area contributed by atoms with E-state index in [-0.39, 0.29) is 28.8 Å². The second kappa shape index (κ2) is 12.1. The minimum Gasteiger partial charge on any atom is -0.384 e. The average Bonchev–Trinajstić information content (AvgIpc) is 3.79. The summed E-state index contributed by atoms with van der Waals surface area (Å²) in [5.41, 5.74) is 3.53. The van der Waals surface area contributed by atoms with Crippen LogP contribution in [-0.4, -0.2) is 69.8 Å². The SMILES string of the molecule is COCCc1ccc(-c2[nH]c3cc(S(=O)(=O)N[C@H]4CC[C@H](C(=O)N5CCOC[C@@H]5C5CC5)CC4)ccc3c2Cl)cc1. The predicted octanol–water partition coefficient (Wildman–Crippen LogP) is 5.15. The number of nitrogens with one attached hydrogen (secondary N) is 2. The number of carbonyl (C=O) groups excluding carboxylic acids is 1. The number of aromatic nitrogens is 1. The van der Waals surface area contributed by atoms with E-state index in [0.717, 1.165) is 23.1 Å². The Hall–Kier alpha value is -2.43. The zero-order chi connectivity index (χ0) is 28.6. The number of hydrogen-bond donors (Lipinski definition) is 2. The molecular formula is C31H38ClN3O5S. The van der Waals surface area contributed by atoms with Gasteiger partial charge in [0.25, 0.3) is 0 Å². The van der Waals surface area contributed by atoms with Crippen LogP contribution in [-0.2, 0) is 30.7 Å². The summed E-state index contributed by atoms with van der Waals surface area (Å²) in [5.74, 6) is 0.762. The van der Waals surface area contributed by atoms with E-state index in [0.29, 0.717) is 68.5 Å². The quantitative estimate of drug-likeness (QED) is 0.354. The number of carbonyl (C=O) groups is 1. The largest absolute Gasteiger partial charge is 0.384 e. The molecule has 1 aromatic heterocycles. The molecule has 0 bridgehead atoms. The summed E-state index contributed by atoms with van der Waals surface area (Å²) in [6, 6.07) is 13.1. The van der Waals surface area contributed by atoms with Crippen molar-refractivity contribution in [3.63, 3.8) is 0 Å². The number of fused-ring (bicyclic) bond motifs is 1. The Kier molecular flexibility index (Phi) is 8.43. The normalized spacial score (nSPS) is 23.7. The highest BCUT2D eigenvalue weighted by atomic mass is 35.5. The first kappa shape index (κ1) is 28.7. The van der Waals surface area contributed by atoms with Gasteiger partial charge in [-0.25, -0.2) is 13.1 Å². The van der Waals surface area contributed by atoms with E-state index in [1.165, 1.54) is 18.4 Å². The minimum atomic E-state index is -3.74. The van der Waals surface area contributed by atoms with E-state index in [4.69, 9.17) is 21.1 Å². The van der Waals surface area contributed by atoms with Gasteiger partial charge in [-0.3, -0.25) is 4.79 Å². The van der Waals surface area contributed by atoms with Crippen LogP contribution in [0.25, 0.3) is 22.2 Å². The van der Waals surface area contributed by atoms with E-state index in [2.05, 4.69) is 14.6 Å². The number of rotatable bonds is 9. The van der Waals surface area contributed by atoms with Crippen LogP contribution in [0, 0.1) is 11.8 Å². The number of hydrogen-bond acceptors (Lipinski definition) is 5. The number of amides is 1. The highest BCUT2D eigenvalue weighted by Gasteiger charge is 2.41. The van der Waals surface area contributed by atoms with E-state index >= 15 is 0 Å². The van der Waals surface area contributed by atoms with Crippen molar-refractivity contribution < 1.29 is 22.7 Å². The molecule has 2 saturated carbocycles. The van der Waals surface area contributed by atoms with Gasteiger partial charge in [0.1, 0.15) is 0 Å². The summed E-state index contributed by atoms with van der Waals surface area (Å²) in [5, 5.41) is 1.34. The molecule has 0 spiro atoms.